The highest BCUT2D eigenvalue weighted by Crippen LogP contribution is 2.06. The fraction of sp³-hybridized carbons (Fsp3) is 0.368. The normalized spacial score (nSPS) is 11.4. The second kappa shape index (κ2) is 10.7. The highest BCUT2D eigenvalue weighted by Gasteiger charge is 2.00. The second-order valence-electron chi connectivity index (χ2n) is 5.55. The van der Waals surface area contributed by atoms with E-state index < -0.39 is 0 Å². The number of aliphatic imine (C=N–C) groups is 1. The summed E-state index contributed by atoms with van der Waals surface area (Å²) in [6.07, 6.45) is 2.65. The van der Waals surface area contributed by atoms with Crippen molar-refractivity contribution in [2.75, 3.05) is 20.2 Å². The Hall–Kier alpha value is -2.11. The van der Waals surface area contributed by atoms with Crippen molar-refractivity contribution in [2.24, 2.45) is 4.99 Å². The van der Waals surface area contributed by atoms with E-state index in [9.17, 15) is 0 Å². The lowest BCUT2D eigenvalue weighted by Crippen LogP contribution is -2.37. The molecule has 0 spiro atoms. The Morgan fingerprint density at radius 3 is 2.44 bits per heavy atom. The average Bonchev–Trinajstić information content (AvgIpc) is 2.65. The molecule has 134 valence electrons. The van der Waals surface area contributed by atoms with Crippen LogP contribution >= 0.6 is 11.6 Å². The van der Waals surface area contributed by atoms with Crippen LogP contribution in [0.3, 0.4) is 0 Å². The molecule has 0 atom stereocenters. The molecule has 0 radical (unpaired) electrons. The molecule has 0 amide bonds. The van der Waals surface area contributed by atoms with Gasteiger partial charge in [-0.3, -0.25) is 4.99 Å². The lowest BCUT2D eigenvalue weighted by molar-refractivity contribution is 0.134. The van der Waals surface area contributed by atoms with Crippen molar-refractivity contribution in [1.82, 2.24) is 15.6 Å². The Balaban J connectivity index is 1.73. The molecule has 0 bridgehead atoms. The summed E-state index contributed by atoms with van der Waals surface area (Å²) < 4.78 is 5.41. The maximum absolute atomic E-state index is 5.79. The fourth-order valence-corrected chi connectivity index (χ4v) is 2.37. The zero-order chi connectivity index (χ0) is 17.9. The van der Waals surface area contributed by atoms with Gasteiger partial charge in [0, 0.05) is 32.9 Å². The quantitative estimate of drug-likeness (QED) is 0.431. The summed E-state index contributed by atoms with van der Waals surface area (Å²) in [7, 11) is 1.77. The highest BCUT2D eigenvalue weighted by molar-refractivity contribution is 6.29. The predicted molar refractivity (Wildman–Crippen MR) is 103 cm³/mol. The Morgan fingerprint density at radius 1 is 1.08 bits per heavy atom. The molecule has 0 aliphatic rings. The number of guanidine groups is 1. The Bertz CT molecular complexity index is 656. The van der Waals surface area contributed by atoms with E-state index in [0.717, 1.165) is 37.6 Å². The molecule has 0 aliphatic carbocycles. The van der Waals surface area contributed by atoms with Gasteiger partial charge in [0.15, 0.2) is 5.96 Å². The lowest BCUT2D eigenvalue weighted by atomic mass is 10.1. The van der Waals surface area contributed by atoms with E-state index in [1.807, 2.05) is 13.0 Å². The molecule has 0 unspecified atom stereocenters. The van der Waals surface area contributed by atoms with Crippen LogP contribution in [0.5, 0.6) is 0 Å². The molecular formula is C19H25ClN4O. The van der Waals surface area contributed by atoms with Crippen molar-refractivity contribution in [3.63, 3.8) is 0 Å². The van der Waals surface area contributed by atoms with Crippen LogP contribution in [0.15, 0.2) is 47.6 Å². The molecular weight excluding hydrogens is 336 g/mol. The number of benzene rings is 1. The number of aromatic nitrogens is 1. The van der Waals surface area contributed by atoms with Gasteiger partial charge in [-0.05, 0) is 36.1 Å². The monoisotopic (exact) mass is 360 g/mol. The van der Waals surface area contributed by atoms with Crippen molar-refractivity contribution in [3.05, 3.63) is 64.4 Å². The molecule has 5 nitrogen and oxygen atoms in total. The first-order valence-electron chi connectivity index (χ1n) is 8.41. The van der Waals surface area contributed by atoms with Gasteiger partial charge in [-0.25, -0.2) is 4.98 Å². The summed E-state index contributed by atoms with van der Waals surface area (Å²) in [6.45, 7) is 4.89. The maximum atomic E-state index is 5.79. The number of halogens is 1. The van der Waals surface area contributed by atoms with Crippen molar-refractivity contribution < 1.29 is 4.74 Å². The Labute approximate surface area is 154 Å². The van der Waals surface area contributed by atoms with Crippen LogP contribution in [0.1, 0.15) is 23.6 Å². The number of hydrogen-bond acceptors (Lipinski definition) is 3. The molecule has 0 saturated carbocycles. The maximum Gasteiger partial charge on any atom is 0.191 e. The van der Waals surface area contributed by atoms with E-state index in [0.29, 0.717) is 11.8 Å². The molecule has 1 aromatic carbocycles. The number of nitrogens with zero attached hydrogens (tertiary/aromatic N) is 2. The fourth-order valence-electron chi connectivity index (χ4n) is 2.26. The van der Waals surface area contributed by atoms with E-state index >= 15 is 0 Å². The van der Waals surface area contributed by atoms with Crippen LogP contribution in [0.25, 0.3) is 0 Å². The lowest BCUT2D eigenvalue weighted by Gasteiger charge is -2.12. The largest absolute Gasteiger partial charge is 0.377 e. The van der Waals surface area contributed by atoms with Gasteiger partial charge in [0.05, 0.1) is 6.61 Å². The van der Waals surface area contributed by atoms with Crippen LogP contribution < -0.4 is 10.6 Å². The van der Waals surface area contributed by atoms with Crippen LogP contribution in [0, 0.1) is 0 Å². The number of ether oxygens (including phenoxy) is 1. The Morgan fingerprint density at radius 2 is 1.80 bits per heavy atom. The van der Waals surface area contributed by atoms with Crippen LogP contribution in [-0.4, -0.2) is 31.1 Å². The topological polar surface area (TPSA) is 58.5 Å². The molecule has 0 saturated heterocycles. The van der Waals surface area contributed by atoms with Crippen LogP contribution in [0.2, 0.25) is 5.15 Å². The zero-order valence-electron chi connectivity index (χ0n) is 14.8. The van der Waals surface area contributed by atoms with Gasteiger partial charge in [0.25, 0.3) is 0 Å². The zero-order valence-corrected chi connectivity index (χ0v) is 15.5. The minimum atomic E-state index is 0.515. The molecule has 2 N–H and O–H groups in total. The summed E-state index contributed by atoms with van der Waals surface area (Å²) in [6, 6.07) is 12.2. The third-order valence-electron chi connectivity index (χ3n) is 3.67. The molecule has 6 heteroatoms. The van der Waals surface area contributed by atoms with Crippen molar-refractivity contribution >= 4 is 17.6 Å². The van der Waals surface area contributed by atoms with Crippen LogP contribution in [-0.2, 0) is 24.3 Å². The van der Waals surface area contributed by atoms with Crippen molar-refractivity contribution in [1.29, 1.82) is 0 Å². The average molecular weight is 361 g/mol. The first-order valence-corrected chi connectivity index (χ1v) is 8.79. The first-order chi connectivity index (χ1) is 12.2. The van der Waals surface area contributed by atoms with E-state index in [1.54, 1.807) is 19.3 Å². The summed E-state index contributed by atoms with van der Waals surface area (Å²) in [5.74, 6) is 0.778. The minimum Gasteiger partial charge on any atom is -0.377 e. The standard InChI is InChI=1S/C19H25ClN4O/c1-3-25-14-17-6-4-15(5-7-17)13-24-19(21-2)22-11-10-16-8-9-18(20)23-12-16/h4-9,12H,3,10-11,13-14H2,1-2H3,(H2,21,22,24). The summed E-state index contributed by atoms with van der Waals surface area (Å²) in [5.41, 5.74) is 3.52. The third kappa shape index (κ3) is 7.11. The van der Waals surface area contributed by atoms with Gasteiger partial charge in [-0.2, -0.15) is 0 Å². The van der Waals surface area contributed by atoms with Gasteiger partial charge in [0.1, 0.15) is 5.15 Å². The predicted octanol–water partition coefficient (Wildman–Crippen LogP) is 3.18. The number of pyridine rings is 1. The highest BCUT2D eigenvalue weighted by atomic mass is 35.5. The third-order valence-corrected chi connectivity index (χ3v) is 3.90. The van der Waals surface area contributed by atoms with E-state index in [-0.39, 0.29) is 0 Å². The first kappa shape index (κ1) is 19.2. The summed E-state index contributed by atoms with van der Waals surface area (Å²) in [4.78, 5) is 8.33. The molecule has 0 aliphatic heterocycles. The van der Waals surface area contributed by atoms with E-state index in [4.69, 9.17) is 16.3 Å². The Kier molecular flexibility index (Phi) is 8.22. The van der Waals surface area contributed by atoms with Crippen LogP contribution in [0.4, 0.5) is 0 Å². The van der Waals surface area contributed by atoms with Crippen molar-refractivity contribution in [2.45, 2.75) is 26.5 Å². The smallest absolute Gasteiger partial charge is 0.191 e. The number of hydrogen-bond donors (Lipinski definition) is 2. The van der Waals surface area contributed by atoms with E-state index in [1.165, 1.54) is 11.1 Å². The molecule has 0 fully saturated rings. The summed E-state index contributed by atoms with van der Waals surface area (Å²) in [5, 5.41) is 7.13. The van der Waals surface area contributed by atoms with Gasteiger partial charge < -0.3 is 15.4 Å². The SMILES string of the molecule is CCOCc1ccc(CNC(=NC)NCCc2ccc(Cl)nc2)cc1. The minimum absolute atomic E-state index is 0.515. The molecule has 25 heavy (non-hydrogen) atoms. The molecule has 1 aromatic heterocycles. The molecule has 2 rings (SSSR count). The number of nitrogens with one attached hydrogen (secondary N) is 2. The second-order valence-corrected chi connectivity index (χ2v) is 5.93. The van der Waals surface area contributed by atoms with Gasteiger partial charge in [-0.15, -0.1) is 0 Å². The van der Waals surface area contributed by atoms with Gasteiger partial charge in [0.2, 0.25) is 0 Å². The summed E-state index contributed by atoms with van der Waals surface area (Å²) >= 11 is 5.79. The molecule has 1 heterocycles. The molecule has 2 aromatic rings. The van der Waals surface area contributed by atoms with E-state index in [2.05, 4.69) is 44.9 Å². The van der Waals surface area contributed by atoms with Gasteiger partial charge in [-0.1, -0.05) is 41.9 Å². The van der Waals surface area contributed by atoms with Gasteiger partial charge >= 0.3 is 0 Å². The number of rotatable bonds is 8. The van der Waals surface area contributed by atoms with Crippen molar-refractivity contribution in [3.8, 4) is 0 Å².